The third kappa shape index (κ3) is 3.24. The maximum atomic E-state index is 9.26. The zero-order valence-corrected chi connectivity index (χ0v) is 11.3. The van der Waals surface area contributed by atoms with Crippen LogP contribution in [0.5, 0.6) is 0 Å². The summed E-state index contributed by atoms with van der Waals surface area (Å²) in [4.78, 5) is 6.24. The van der Waals surface area contributed by atoms with Crippen molar-refractivity contribution in [2.24, 2.45) is 0 Å². The minimum atomic E-state index is -0.296. The molecule has 1 unspecified atom stereocenters. The van der Waals surface area contributed by atoms with Crippen LogP contribution >= 0.6 is 11.3 Å². The van der Waals surface area contributed by atoms with Gasteiger partial charge in [-0.3, -0.25) is 4.98 Å². The maximum absolute atomic E-state index is 9.26. The van der Waals surface area contributed by atoms with Gasteiger partial charge >= 0.3 is 0 Å². The fourth-order valence-electron chi connectivity index (χ4n) is 1.44. The van der Waals surface area contributed by atoms with E-state index in [1.165, 1.54) is 11.3 Å². The molecule has 5 nitrogen and oxygen atoms in total. The molecule has 0 saturated carbocycles. The second kappa shape index (κ2) is 5.88. The van der Waals surface area contributed by atoms with E-state index in [2.05, 4.69) is 15.2 Å². The zero-order valence-electron chi connectivity index (χ0n) is 10.4. The monoisotopic (exact) mass is 264 g/mol. The molecule has 2 aromatic heterocycles. The van der Waals surface area contributed by atoms with Crippen LogP contribution < -0.4 is 4.90 Å². The molecule has 0 spiro atoms. The highest BCUT2D eigenvalue weighted by atomic mass is 32.1. The summed E-state index contributed by atoms with van der Waals surface area (Å²) in [5.74, 6) is 0. The van der Waals surface area contributed by atoms with Gasteiger partial charge in [0.1, 0.15) is 5.69 Å². The first-order chi connectivity index (χ1) is 8.66. The number of nitrogens with zero attached hydrogens (tertiary/aromatic N) is 4. The van der Waals surface area contributed by atoms with Crippen LogP contribution in [-0.2, 0) is 0 Å². The Morgan fingerprint density at radius 2 is 2.22 bits per heavy atom. The van der Waals surface area contributed by atoms with Crippen LogP contribution in [0.15, 0.2) is 24.4 Å². The lowest BCUT2D eigenvalue weighted by Gasteiger charge is -2.15. The number of rotatable bonds is 5. The quantitative estimate of drug-likeness (QED) is 0.892. The average molecular weight is 264 g/mol. The van der Waals surface area contributed by atoms with Gasteiger partial charge in [-0.05, 0) is 25.5 Å². The predicted molar refractivity (Wildman–Crippen MR) is 72.7 cm³/mol. The highest BCUT2D eigenvalue weighted by Crippen LogP contribution is 2.26. The number of pyridine rings is 1. The Hall–Kier alpha value is -1.53. The number of anilines is 1. The Morgan fingerprint density at radius 3 is 2.89 bits per heavy atom. The van der Waals surface area contributed by atoms with Crippen LogP contribution in [0.2, 0.25) is 0 Å². The van der Waals surface area contributed by atoms with Gasteiger partial charge in [-0.1, -0.05) is 17.4 Å². The summed E-state index contributed by atoms with van der Waals surface area (Å²) in [5.41, 5.74) is 0.838. The fraction of sp³-hybridized carbons (Fsp3) is 0.417. The molecule has 0 bridgehead atoms. The van der Waals surface area contributed by atoms with Crippen molar-refractivity contribution in [1.29, 1.82) is 0 Å². The molecule has 1 N–H and O–H groups in total. The summed E-state index contributed by atoms with van der Waals surface area (Å²) in [6.45, 7) is 2.54. The molecule has 0 aromatic carbocycles. The summed E-state index contributed by atoms with van der Waals surface area (Å²) in [7, 11) is 1.95. The molecule has 0 aliphatic carbocycles. The second-order valence-electron chi connectivity index (χ2n) is 4.16. The van der Waals surface area contributed by atoms with Crippen molar-refractivity contribution in [2.75, 3.05) is 18.5 Å². The van der Waals surface area contributed by atoms with Gasteiger partial charge in [0.25, 0.3) is 0 Å². The van der Waals surface area contributed by atoms with Crippen molar-refractivity contribution in [3.8, 4) is 10.7 Å². The first kappa shape index (κ1) is 12.9. The van der Waals surface area contributed by atoms with Gasteiger partial charge in [-0.25, -0.2) is 0 Å². The highest BCUT2D eigenvalue weighted by molar-refractivity contribution is 7.18. The molecular weight excluding hydrogens is 248 g/mol. The third-order valence-corrected chi connectivity index (χ3v) is 3.57. The van der Waals surface area contributed by atoms with E-state index in [4.69, 9.17) is 0 Å². The van der Waals surface area contributed by atoms with Crippen molar-refractivity contribution in [1.82, 2.24) is 15.2 Å². The van der Waals surface area contributed by atoms with E-state index in [9.17, 15) is 5.11 Å². The fourth-order valence-corrected chi connectivity index (χ4v) is 2.25. The average Bonchev–Trinajstić information content (AvgIpc) is 2.86. The molecule has 0 aliphatic rings. The summed E-state index contributed by atoms with van der Waals surface area (Å²) < 4.78 is 0. The van der Waals surface area contributed by atoms with E-state index >= 15 is 0 Å². The minimum Gasteiger partial charge on any atom is -0.393 e. The topological polar surface area (TPSA) is 62.1 Å². The van der Waals surface area contributed by atoms with Crippen molar-refractivity contribution < 1.29 is 5.11 Å². The molecule has 2 heterocycles. The molecule has 0 fully saturated rings. The van der Waals surface area contributed by atoms with E-state index in [0.29, 0.717) is 0 Å². The number of hydrogen-bond acceptors (Lipinski definition) is 6. The minimum absolute atomic E-state index is 0.296. The van der Waals surface area contributed by atoms with E-state index in [1.807, 2.05) is 30.1 Å². The predicted octanol–water partition coefficient (Wildman–Crippen LogP) is 1.81. The molecule has 0 aliphatic heterocycles. The molecule has 0 radical (unpaired) electrons. The molecule has 0 amide bonds. The van der Waals surface area contributed by atoms with Crippen LogP contribution in [0, 0.1) is 0 Å². The summed E-state index contributed by atoms with van der Waals surface area (Å²) in [6, 6.07) is 5.72. The van der Waals surface area contributed by atoms with Gasteiger partial charge in [0.15, 0.2) is 5.01 Å². The van der Waals surface area contributed by atoms with Crippen molar-refractivity contribution in [3.05, 3.63) is 24.4 Å². The molecule has 2 aromatic rings. The number of aliphatic hydroxyl groups excluding tert-OH is 1. The van der Waals surface area contributed by atoms with Gasteiger partial charge in [0, 0.05) is 19.8 Å². The first-order valence-corrected chi connectivity index (χ1v) is 6.62. The van der Waals surface area contributed by atoms with Gasteiger partial charge in [-0.2, -0.15) is 0 Å². The summed E-state index contributed by atoms with van der Waals surface area (Å²) in [6.07, 6.45) is 2.17. The molecule has 1 atom stereocenters. The Morgan fingerprint density at radius 1 is 1.39 bits per heavy atom. The molecular formula is C12H16N4OS. The van der Waals surface area contributed by atoms with Crippen molar-refractivity contribution in [2.45, 2.75) is 19.4 Å². The third-order valence-electron chi connectivity index (χ3n) is 2.51. The second-order valence-corrected chi connectivity index (χ2v) is 5.12. The van der Waals surface area contributed by atoms with E-state index in [1.54, 1.807) is 13.1 Å². The van der Waals surface area contributed by atoms with Gasteiger partial charge in [-0.15, -0.1) is 10.2 Å². The summed E-state index contributed by atoms with van der Waals surface area (Å²) >= 11 is 1.51. The van der Waals surface area contributed by atoms with Gasteiger partial charge < -0.3 is 10.0 Å². The lowest BCUT2D eigenvalue weighted by molar-refractivity contribution is 0.187. The van der Waals surface area contributed by atoms with Gasteiger partial charge in [0.2, 0.25) is 5.13 Å². The SMILES string of the molecule is CC(O)CCN(C)c1nnc(-c2ccccn2)s1. The smallest absolute Gasteiger partial charge is 0.208 e. The Kier molecular flexibility index (Phi) is 4.22. The van der Waals surface area contributed by atoms with E-state index in [0.717, 1.165) is 28.8 Å². The zero-order chi connectivity index (χ0) is 13.0. The normalized spacial score (nSPS) is 12.4. The van der Waals surface area contributed by atoms with Crippen molar-refractivity contribution in [3.63, 3.8) is 0 Å². The molecule has 0 saturated heterocycles. The standard InChI is InChI=1S/C12H16N4OS/c1-9(17)6-8-16(2)12-15-14-11(18-12)10-5-3-4-7-13-10/h3-5,7,9,17H,6,8H2,1-2H3. The van der Waals surface area contributed by atoms with Crippen LogP contribution in [0.1, 0.15) is 13.3 Å². The van der Waals surface area contributed by atoms with E-state index in [-0.39, 0.29) is 6.10 Å². The van der Waals surface area contributed by atoms with E-state index < -0.39 is 0 Å². The van der Waals surface area contributed by atoms with Crippen LogP contribution in [0.3, 0.4) is 0 Å². The molecule has 2 rings (SSSR count). The summed E-state index contributed by atoms with van der Waals surface area (Å²) in [5, 5.41) is 19.2. The number of hydrogen-bond donors (Lipinski definition) is 1. The van der Waals surface area contributed by atoms with Crippen LogP contribution in [0.25, 0.3) is 10.7 Å². The maximum Gasteiger partial charge on any atom is 0.208 e. The molecule has 6 heteroatoms. The lowest BCUT2D eigenvalue weighted by atomic mass is 10.3. The Balaban J connectivity index is 2.06. The molecule has 96 valence electrons. The molecule has 18 heavy (non-hydrogen) atoms. The largest absolute Gasteiger partial charge is 0.393 e. The van der Waals surface area contributed by atoms with Crippen LogP contribution in [-0.4, -0.2) is 40.0 Å². The Labute approximate surface area is 110 Å². The number of aliphatic hydroxyl groups is 1. The van der Waals surface area contributed by atoms with Crippen LogP contribution in [0.4, 0.5) is 5.13 Å². The highest BCUT2D eigenvalue weighted by Gasteiger charge is 2.11. The van der Waals surface area contributed by atoms with Gasteiger partial charge in [0.05, 0.1) is 6.10 Å². The lowest BCUT2D eigenvalue weighted by Crippen LogP contribution is -2.21. The Bertz CT molecular complexity index is 486. The van der Waals surface area contributed by atoms with Crippen molar-refractivity contribution >= 4 is 16.5 Å². The first-order valence-electron chi connectivity index (χ1n) is 5.81. The number of aromatic nitrogens is 3.